The van der Waals surface area contributed by atoms with Crippen LogP contribution in [-0.4, -0.2) is 39.9 Å². The molecule has 8 nitrogen and oxygen atoms in total. The number of halogens is 1. The lowest BCUT2D eigenvalue weighted by Crippen LogP contribution is -1.86. The smallest absolute Gasteiger partial charge is 0.0801 e. The van der Waals surface area contributed by atoms with E-state index in [0.717, 1.165) is 139 Å². The second-order valence-corrected chi connectivity index (χ2v) is 18.8. The molecule has 0 atom stereocenters. The third kappa shape index (κ3) is 8.68. The second-order valence-electron chi connectivity index (χ2n) is 18.0. The molecule has 6 aromatic heterocycles. The molecule has 0 unspecified atom stereocenters. The quantitative estimate of drug-likeness (QED) is 0.141. The second kappa shape index (κ2) is 18.7. The minimum atomic E-state index is 0.872. The molecule has 14 rings (SSSR count). The van der Waals surface area contributed by atoms with Gasteiger partial charge in [0, 0.05) is 60.9 Å². The summed E-state index contributed by atoms with van der Waals surface area (Å²) in [6.07, 6.45) is 16.6. The molecule has 4 aromatic carbocycles. The van der Waals surface area contributed by atoms with Crippen LogP contribution in [0.4, 0.5) is 0 Å². The Bertz CT molecular complexity index is 4080. The first-order chi connectivity index (χ1) is 36.0. The molecule has 4 aliphatic heterocycles. The van der Waals surface area contributed by atoms with Gasteiger partial charge in [-0.05, 0) is 154 Å². The summed E-state index contributed by atoms with van der Waals surface area (Å²) < 4.78 is 0.911. The maximum Gasteiger partial charge on any atom is 0.0801 e. The van der Waals surface area contributed by atoms with Gasteiger partial charge in [0.05, 0.1) is 55.5 Å². The Balaban J connectivity index is 0.000000141. The Kier molecular flexibility index (Phi) is 11.2. The Morgan fingerprint density at radius 1 is 0.260 bits per heavy atom. The van der Waals surface area contributed by atoms with Gasteiger partial charge in [0.25, 0.3) is 0 Å². The maximum absolute atomic E-state index is 5.04. The summed E-state index contributed by atoms with van der Waals surface area (Å²) in [6, 6.07) is 64.6. The molecular weight excluding hydrogens is 961 g/mol. The van der Waals surface area contributed by atoms with Crippen LogP contribution < -0.4 is 0 Å². The lowest BCUT2D eigenvalue weighted by molar-refractivity contribution is 1.30. The number of H-pyrrole nitrogens is 4. The van der Waals surface area contributed by atoms with Crippen molar-refractivity contribution in [3.63, 3.8) is 0 Å². The van der Waals surface area contributed by atoms with E-state index in [2.05, 4.69) is 248 Å². The van der Waals surface area contributed by atoms with Crippen molar-refractivity contribution in [2.75, 3.05) is 0 Å². The zero-order valence-electron chi connectivity index (χ0n) is 39.2. The fourth-order valence-electron chi connectivity index (χ4n) is 9.81. The summed E-state index contributed by atoms with van der Waals surface area (Å²) in [7, 11) is 0. The molecule has 0 saturated heterocycles. The largest absolute Gasteiger partial charge is 0.355 e. The zero-order chi connectivity index (χ0) is 48.7. The maximum atomic E-state index is 5.04. The van der Waals surface area contributed by atoms with Crippen LogP contribution >= 0.6 is 15.9 Å². The topological polar surface area (TPSA) is 115 Å². The molecule has 10 heterocycles. The van der Waals surface area contributed by atoms with E-state index in [1.807, 2.05) is 24.3 Å². The van der Waals surface area contributed by atoms with E-state index in [1.165, 1.54) is 0 Å². The molecular formula is C64H43BrN8. The van der Waals surface area contributed by atoms with Gasteiger partial charge in [0.1, 0.15) is 0 Å². The lowest BCUT2D eigenvalue weighted by Gasteiger charge is -2.04. The van der Waals surface area contributed by atoms with Crippen LogP contribution in [0.2, 0.25) is 0 Å². The van der Waals surface area contributed by atoms with Crippen molar-refractivity contribution >= 4 is 109 Å². The molecule has 0 aliphatic carbocycles. The average Bonchev–Trinajstić information content (AvgIpc) is 4.28. The van der Waals surface area contributed by atoms with Crippen molar-refractivity contribution in [1.29, 1.82) is 0 Å². The summed E-state index contributed by atoms with van der Waals surface area (Å²) in [6.45, 7) is 0. The first-order valence-corrected chi connectivity index (χ1v) is 24.9. The molecule has 4 aliphatic rings. The number of nitrogens with one attached hydrogen (secondary N) is 4. The van der Waals surface area contributed by atoms with Crippen molar-refractivity contribution in [3.05, 3.63) is 238 Å². The molecule has 0 spiro atoms. The molecule has 0 amide bonds. The van der Waals surface area contributed by atoms with Crippen molar-refractivity contribution in [2.45, 2.75) is 0 Å². The summed E-state index contributed by atoms with van der Waals surface area (Å²) in [4.78, 5) is 34.4. The fraction of sp³-hybridized carbons (Fsp3) is 0. The standard InChI is InChI=1S/C32H21BrN4.C32H22N4/c33-32-28-17-15-26(36-28)30(20-7-3-1-4-8-20)24-13-11-22(34-24)19-23-12-14-25(35-23)31(21-9-5-2-6-10-21)27-16-18-29(32)37-27;1-3-7-21(8-4-1)31-27-15-11-23(33-27)19-25-13-17-29(35-25)32(22-9-5-2-6-10-22)30-18-14-26(36-30)20-24-12-16-28(31)34-24/h1-19,34,37H;1-20,33,36H. The summed E-state index contributed by atoms with van der Waals surface area (Å²) in [5, 5.41) is 0. The van der Waals surface area contributed by atoms with Gasteiger partial charge in [-0.15, -0.1) is 0 Å². The van der Waals surface area contributed by atoms with Gasteiger partial charge >= 0.3 is 0 Å². The molecule has 4 N–H and O–H groups in total. The molecule has 0 fully saturated rings. The zero-order valence-corrected chi connectivity index (χ0v) is 40.8. The van der Waals surface area contributed by atoms with E-state index >= 15 is 0 Å². The van der Waals surface area contributed by atoms with E-state index in [9.17, 15) is 0 Å². The number of rotatable bonds is 4. The molecule has 9 heteroatoms. The predicted molar refractivity (Wildman–Crippen MR) is 307 cm³/mol. The van der Waals surface area contributed by atoms with Gasteiger partial charge < -0.3 is 19.9 Å². The van der Waals surface area contributed by atoms with Crippen LogP contribution in [0.15, 0.2) is 193 Å². The van der Waals surface area contributed by atoms with Gasteiger partial charge in [-0.3, -0.25) is 0 Å². The summed E-state index contributed by atoms with van der Waals surface area (Å²) in [5.74, 6) is 0. The van der Waals surface area contributed by atoms with Gasteiger partial charge in [-0.1, -0.05) is 121 Å². The molecule has 0 saturated carbocycles. The van der Waals surface area contributed by atoms with E-state index in [4.69, 9.17) is 19.9 Å². The number of hydrogen-bond donors (Lipinski definition) is 4. The molecule has 346 valence electrons. The van der Waals surface area contributed by atoms with E-state index < -0.39 is 0 Å². The summed E-state index contributed by atoms with van der Waals surface area (Å²) >= 11 is 3.83. The minimum absolute atomic E-state index is 0.872. The number of aromatic nitrogens is 8. The van der Waals surface area contributed by atoms with Gasteiger partial charge in [-0.2, -0.15) is 0 Å². The van der Waals surface area contributed by atoms with E-state index in [0.29, 0.717) is 0 Å². The third-order valence-electron chi connectivity index (χ3n) is 13.2. The Hall–Kier alpha value is -9.44. The third-order valence-corrected chi connectivity index (χ3v) is 14.0. The van der Waals surface area contributed by atoms with Crippen LogP contribution in [0.1, 0.15) is 45.6 Å². The highest BCUT2D eigenvalue weighted by molar-refractivity contribution is 9.10. The van der Waals surface area contributed by atoms with Gasteiger partial charge in [-0.25, -0.2) is 19.9 Å². The Morgan fingerprint density at radius 2 is 0.548 bits per heavy atom. The molecule has 16 bridgehead atoms. The Morgan fingerprint density at radius 3 is 0.918 bits per heavy atom. The molecule has 73 heavy (non-hydrogen) atoms. The number of benzene rings is 4. The first-order valence-electron chi connectivity index (χ1n) is 24.1. The molecule has 0 radical (unpaired) electrons. The number of fused-ring (bicyclic) bond motifs is 16. The van der Waals surface area contributed by atoms with Crippen LogP contribution in [0.3, 0.4) is 0 Å². The minimum Gasteiger partial charge on any atom is -0.355 e. The average molecular weight is 1000 g/mol. The highest BCUT2D eigenvalue weighted by Crippen LogP contribution is 2.36. The van der Waals surface area contributed by atoms with Gasteiger partial charge in [0.15, 0.2) is 0 Å². The number of nitrogens with zero attached hydrogens (tertiary/aromatic N) is 4. The monoisotopic (exact) mass is 1000 g/mol. The van der Waals surface area contributed by atoms with Crippen molar-refractivity contribution in [2.24, 2.45) is 0 Å². The van der Waals surface area contributed by atoms with Crippen LogP contribution in [-0.2, 0) is 0 Å². The first kappa shape index (κ1) is 43.6. The highest BCUT2D eigenvalue weighted by Gasteiger charge is 2.16. The summed E-state index contributed by atoms with van der Waals surface area (Å²) in [5.41, 5.74) is 24.0. The van der Waals surface area contributed by atoms with Crippen LogP contribution in [0.25, 0.3) is 137 Å². The SMILES string of the molecule is Brc1c2nc(c(-c3ccccc3)c3ccc(cc4nc(c(-c5ccccc5)c5ccc1[nH]5)C=C4)[nH]3)C=C2.C1=Cc2nc1cc1ccc([nH]1)c(-c1ccccc1)c1nc(cc3ccc([nH]3)c2-c2ccccc2)C=C1. The van der Waals surface area contributed by atoms with Crippen molar-refractivity contribution in [3.8, 4) is 44.5 Å². The van der Waals surface area contributed by atoms with Crippen LogP contribution in [0, 0.1) is 0 Å². The lowest BCUT2D eigenvalue weighted by atomic mass is 10.0. The fourth-order valence-corrected chi connectivity index (χ4v) is 10.3. The van der Waals surface area contributed by atoms with Crippen molar-refractivity contribution in [1.82, 2.24) is 39.9 Å². The Labute approximate surface area is 428 Å². The van der Waals surface area contributed by atoms with Gasteiger partial charge in [0.2, 0.25) is 0 Å². The predicted octanol–water partition coefficient (Wildman–Crippen LogP) is 16.7. The van der Waals surface area contributed by atoms with Crippen molar-refractivity contribution < 1.29 is 0 Å². The van der Waals surface area contributed by atoms with E-state index in [-0.39, 0.29) is 0 Å². The molecule has 10 aromatic rings. The highest BCUT2D eigenvalue weighted by atomic mass is 79.9. The number of aromatic amines is 4. The van der Waals surface area contributed by atoms with Crippen LogP contribution in [0.5, 0.6) is 0 Å². The van der Waals surface area contributed by atoms with E-state index in [1.54, 1.807) is 0 Å². The normalized spacial score (nSPS) is 12.2. The number of hydrogen-bond acceptors (Lipinski definition) is 4.